The number of aromatic nitrogens is 1. The standard InChI is InChI=1S/C21H25F2N3O3/c1-4-24-8-12(3)25(9-11(24)2)19-16(22)7-14-18(17(19)23)26(13-5-6-13)10-15(20(14)27)21(28)29/h7,10-13H,4-6,8-9H2,1-3H3,(H,28,29). The molecule has 8 heteroatoms. The van der Waals surface area contributed by atoms with Crippen molar-refractivity contribution in [3.8, 4) is 0 Å². The van der Waals surface area contributed by atoms with E-state index in [0.717, 1.165) is 25.5 Å². The summed E-state index contributed by atoms with van der Waals surface area (Å²) in [5, 5.41) is 9.13. The van der Waals surface area contributed by atoms with E-state index in [-0.39, 0.29) is 34.7 Å². The number of carboxylic acids is 1. The molecule has 2 aliphatic rings. The second-order valence-corrected chi connectivity index (χ2v) is 8.17. The minimum atomic E-state index is -1.39. The fourth-order valence-electron chi connectivity index (χ4n) is 4.44. The van der Waals surface area contributed by atoms with Gasteiger partial charge in [0.15, 0.2) is 5.82 Å². The first-order chi connectivity index (χ1) is 13.7. The Balaban J connectivity index is 1.94. The summed E-state index contributed by atoms with van der Waals surface area (Å²) in [4.78, 5) is 28.1. The number of rotatable bonds is 4. The van der Waals surface area contributed by atoms with E-state index in [2.05, 4.69) is 11.8 Å². The van der Waals surface area contributed by atoms with E-state index in [9.17, 15) is 14.7 Å². The van der Waals surface area contributed by atoms with Gasteiger partial charge in [-0.3, -0.25) is 9.69 Å². The lowest BCUT2D eigenvalue weighted by atomic mass is 10.0. The summed E-state index contributed by atoms with van der Waals surface area (Å²) < 4.78 is 32.4. The molecule has 156 valence electrons. The maximum Gasteiger partial charge on any atom is 0.341 e. The Morgan fingerprint density at radius 3 is 2.48 bits per heavy atom. The third-order valence-corrected chi connectivity index (χ3v) is 6.16. The Bertz CT molecular complexity index is 1050. The predicted octanol–water partition coefficient (Wildman–Crippen LogP) is 3.23. The van der Waals surface area contributed by atoms with E-state index in [4.69, 9.17) is 0 Å². The molecule has 0 spiro atoms. The molecule has 1 aromatic carbocycles. The van der Waals surface area contributed by atoms with E-state index in [1.807, 2.05) is 13.8 Å². The van der Waals surface area contributed by atoms with Gasteiger partial charge in [0.2, 0.25) is 5.43 Å². The molecule has 1 aromatic heterocycles. The molecule has 0 radical (unpaired) electrons. The molecule has 1 saturated carbocycles. The average Bonchev–Trinajstić information content (AvgIpc) is 3.49. The number of hydrogen-bond donors (Lipinski definition) is 1. The molecule has 1 N–H and O–H groups in total. The SMILES string of the molecule is CCN1CC(C)N(c2c(F)cc3c(=O)c(C(=O)O)cn(C4CC4)c3c2F)CC1C. The maximum absolute atomic E-state index is 15.8. The molecule has 1 saturated heterocycles. The van der Waals surface area contributed by atoms with Crippen LogP contribution in [0.25, 0.3) is 10.9 Å². The van der Waals surface area contributed by atoms with E-state index in [0.29, 0.717) is 13.1 Å². The molecule has 2 fully saturated rings. The van der Waals surface area contributed by atoms with Crippen LogP contribution in [0.5, 0.6) is 0 Å². The molecule has 4 rings (SSSR count). The van der Waals surface area contributed by atoms with Gasteiger partial charge in [0.1, 0.15) is 17.1 Å². The van der Waals surface area contributed by atoms with Crippen LogP contribution >= 0.6 is 0 Å². The summed E-state index contributed by atoms with van der Waals surface area (Å²) in [6.45, 7) is 8.03. The first-order valence-electron chi connectivity index (χ1n) is 10.0. The van der Waals surface area contributed by atoms with Crippen LogP contribution in [0.15, 0.2) is 17.1 Å². The average molecular weight is 405 g/mol. The van der Waals surface area contributed by atoms with Crippen LogP contribution in [0.3, 0.4) is 0 Å². The van der Waals surface area contributed by atoms with Crippen molar-refractivity contribution in [3.05, 3.63) is 39.7 Å². The number of carboxylic acid groups (broad SMARTS) is 1. The van der Waals surface area contributed by atoms with Gasteiger partial charge in [0.25, 0.3) is 0 Å². The molecule has 2 aromatic rings. The summed E-state index contributed by atoms with van der Waals surface area (Å²) in [6, 6.07) is 0.959. The van der Waals surface area contributed by atoms with Crippen molar-refractivity contribution >= 4 is 22.6 Å². The number of piperazine rings is 1. The molecule has 2 unspecified atom stereocenters. The summed E-state index contributed by atoms with van der Waals surface area (Å²) in [7, 11) is 0. The van der Waals surface area contributed by atoms with E-state index < -0.39 is 28.6 Å². The highest BCUT2D eigenvalue weighted by atomic mass is 19.1. The van der Waals surface area contributed by atoms with Crippen molar-refractivity contribution in [2.24, 2.45) is 0 Å². The van der Waals surface area contributed by atoms with Crippen molar-refractivity contribution in [2.75, 3.05) is 24.5 Å². The first-order valence-corrected chi connectivity index (χ1v) is 10.0. The van der Waals surface area contributed by atoms with Crippen molar-refractivity contribution in [1.29, 1.82) is 0 Å². The Kier molecular flexibility index (Phi) is 4.85. The van der Waals surface area contributed by atoms with Crippen LogP contribution in [0.1, 0.15) is 50.0 Å². The van der Waals surface area contributed by atoms with Crippen LogP contribution in [0.4, 0.5) is 14.5 Å². The van der Waals surface area contributed by atoms with Crippen LogP contribution in [-0.2, 0) is 0 Å². The number of likely N-dealkylation sites (N-methyl/N-ethyl adjacent to an activating group) is 1. The predicted molar refractivity (Wildman–Crippen MR) is 107 cm³/mol. The van der Waals surface area contributed by atoms with Crippen molar-refractivity contribution < 1.29 is 18.7 Å². The lowest BCUT2D eigenvalue weighted by molar-refractivity contribution is 0.0694. The highest BCUT2D eigenvalue weighted by Crippen LogP contribution is 2.40. The monoisotopic (exact) mass is 405 g/mol. The third-order valence-electron chi connectivity index (χ3n) is 6.16. The molecule has 2 atom stereocenters. The summed E-state index contributed by atoms with van der Waals surface area (Å²) in [5.74, 6) is -3.01. The number of nitrogens with zero attached hydrogens (tertiary/aromatic N) is 3. The molecule has 1 aliphatic heterocycles. The van der Waals surface area contributed by atoms with Crippen LogP contribution in [-0.4, -0.2) is 52.3 Å². The zero-order valence-corrected chi connectivity index (χ0v) is 16.8. The molecule has 2 heterocycles. The Morgan fingerprint density at radius 2 is 1.90 bits per heavy atom. The van der Waals surface area contributed by atoms with Crippen LogP contribution in [0, 0.1) is 11.6 Å². The zero-order chi connectivity index (χ0) is 21.0. The number of hydrogen-bond acceptors (Lipinski definition) is 4. The normalized spacial score (nSPS) is 23.0. The van der Waals surface area contributed by atoms with E-state index in [1.54, 1.807) is 4.90 Å². The van der Waals surface area contributed by atoms with Gasteiger partial charge in [0, 0.05) is 37.4 Å². The van der Waals surface area contributed by atoms with Gasteiger partial charge in [-0.2, -0.15) is 0 Å². The Morgan fingerprint density at radius 1 is 1.21 bits per heavy atom. The lowest BCUT2D eigenvalue weighted by Crippen LogP contribution is -2.56. The Hall–Kier alpha value is -2.48. The number of halogens is 2. The molecular formula is C21H25F2N3O3. The van der Waals surface area contributed by atoms with Gasteiger partial charge in [-0.1, -0.05) is 6.92 Å². The zero-order valence-electron chi connectivity index (χ0n) is 16.8. The molecule has 29 heavy (non-hydrogen) atoms. The fraction of sp³-hybridized carbons (Fsp3) is 0.524. The quantitative estimate of drug-likeness (QED) is 0.846. The van der Waals surface area contributed by atoms with Crippen molar-refractivity contribution in [1.82, 2.24) is 9.47 Å². The molecule has 0 bridgehead atoms. The van der Waals surface area contributed by atoms with Gasteiger partial charge >= 0.3 is 5.97 Å². The topological polar surface area (TPSA) is 65.8 Å². The fourth-order valence-corrected chi connectivity index (χ4v) is 4.44. The second kappa shape index (κ2) is 7.09. The minimum Gasteiger partial charge on any atom is -0.477 e. The maximum atomic E-state index is 15.8. The van der Waals surface area contributed by atoms with Gasteiger partial charge in [-0.15, -0.1) is 0 Å². The number of carbonyl (C=O) groups is 1. The van der Waals surface area contributed by atoms with Crippen LogP contribution < -0.4 is 10.3 Å². The summed E-state index contributed by atoms with van der Waals surface area (Å²) in [6.07, 6.45) is 2.74. The van der Waals surface area contributed by atoms with E-state index >= 15 is 8.78 Å². The number of benzene rings is 1. The number of anilines is 1. The number of aromatic carboxylic acids is 1. The lowest BCUT2D eigenvalue weighted by Gasteiger charge is -2.45. The van der Waals surface area contributed by atoms with Gasteiger partial charge in [0.05, 0.1) is 10.9 Å². The number of pyridine rings is 1. The second-order valence-electron chi connectivity index (χ2n) is 8.17. The van der Waals surface area contributed by atoms with Crippen molar-refractivity contribution in [2.45, 2.75) is 51.7 Å². The number of fused-ring (bicyclic) bond motifs is 1. The summed E-state index contributed by atoms with van der Waals surface area (Å²) in [5.41, 5.74) is -1.46. The third kappa shape index (κ3) is 3.19. The molecule has 1 aliphatic carbocycles. The van der Waals surface area contributed by atoms with Crippen LogP contribution in [0.2, 0.25) is 0 Å². The largest absolute Gasteiger partial charge is 0.477 e. The van der Waals surface area contributed by atoms with Gasteiger partial charge in [-0.05, 0) is 39.3 Å². The van der Waals surface area contributed by atoms with Gasteiger partial charge < -0.3 is 14.6 Å². The summed E-state index contributed by atoms with van der Waals surface area (Å²) >= 11 is 0. The van der Waals surface area contributed by atoms with Gasteiger partial charge in [-0.25, -0.2) is 13.6 Å². The highest BCUT2D eigenvalue weighted by Gasteiger charge is 2.34. The molecule has 6 nitrogen and oxygen atoms in total. The highest BCUT2D eigenvalue weighted by molar-refractivity contribution is 5.94. The van der Waals surface area contributed by atoms with E-state index in [1.165, 1.54) is 10.8 Å². The minimum absolute atomic E-state index is 0.00308. The first kappa shape index (κ1) is 19.8. The Labute approximate surface area is 167 Å². The smallest absolute Gasteiger partial charge is 0.341 e. The molecular weight excluding hydrogens is 380 g/mol. The van der Waals surface area contributed by atoms with Crippen molar-refractivity contribution in [3.63, 3.8) is 0 Å². The molecule has 0 amide bonds.